The molecule has 1 rings (SSSR count). The number of nitrogens with two attached hydrogens (primary N) is 2. The highest BCUT2D eigenvalue weighted by molar-refractivity contribution is 5.99. The van der Waals surface area contributed by atoms with E-state index in [-0.39, 0.29) is 49.4 Å². The van der Waals surface area contributed by atoms with Gasteiger partial charge in [-0.1, -0.05) is 69.2 Å². The summed E-state index contributed by atoms with van der Waals surface area (Å²) in [6.07, 6.45) is 2.06. The molecule has 0 unspecified atom stereocenters. The summed E-state index contributed by atoms with van der Waals surface area (Å²) in [7, 11) is 0. The third kappa shape index (κ3) is 21.2. The van der Waals surface area contributed by atoms with Crippen molar-refractivity contribution in [1.82, 2.24) is 52.5 Å². The summed E-state index contributed by atoms with van der Waals surface area (Å²) < 4.78 is 0. The first kappa shape index (κ1) is 59.8. The molecule has 0 bridgehead atoms. The van der Waals surface area contributed by atoms with Gasteiger partial charge in [0.25, 0.3) is 0 Å². The maximum Gasteiger partial charge on any atom is 0.326 e. The number of carbonyl (C=O) groups is 10. The first-order valence-corrected chi connectivity index (χ1v) is 22.9. The van der Waals surface area contributed by atoms with E-state index in [2.05, 4.69) is 52.5 Å². The van der Waals surface area contributed by atoms with Crippen LogP contribution in [0.5, 0.6) is 0 Å². The molecule has 0 aliphatic heterocycles. The highest BCUT2D eigenvalue weighted by atomic mass is 16.4. The molecular weight excluding hydrogens is 889 g/mol. The summed E-state index contributed by atoms with van der Waals surface area (Å²) in [5, 5.41) is 39.7. The molecule has 0 aliphatic rings. The maximum atomic E-state index is 13.8. The molecule has 24 heteroatoms. The monoisotopic (exact) mass is 965 g/mol. The van der Waals surface area contributed by atoms with Gasteiger partial charge in [-0.25, -0.2) is 9.78 Å². The number of aliphatic hydroxyl groups is 1. The Morgan fingerprint density at radius 1 is 0.544 bits per heavy atom. The zero-order valence-electron chi connectivity index (χ0n) is 41.1. The molecule has 1 aromatic rings. The molecule has 15 N–H and O–H groups in total. The van der Waals surface area contributed by atoms with Crippen molar-refractivity contribution in [3.05, 3.63) is 18.2 Å². The number of primary amides is 1. The van der Waals surface area contributed by atoms with E-state index in [1.807, 2.05) is 13.8 Å². The third-order valence-corrected chi connectivity index (χ3v) is 10.5. The normalized spacial score (nSPS) is 15.4. The highest BCUT2D eigenvalue weighted by Crippen LogP contribution is 2.12. The van der Waals surface area contributed by atoms with E-state index < -0.39 is 132 Å². The van der Waals surface area contributed by atoms with Crippen LogP contribution in [0, 0.1) is 29.6 Å². The Balaban J connectivity index is 3.22. The van der Waals surface area contributed by atoms with Gasteiger partial charge in [0.15, 0.2) is 0 Å². The minimum atomic E-state index is -1.67. The Bertz CT molecular complexity index is 1870. The average molecular weight is 965 g/mol. The largest absolute Gasteiger partial charge is 0.480 e. The summed E-state index contributed by atoms with van der Waals surface area (Å²) in [4.78, 5) is 138. The number of hydrogen-bond donors (Lipinski definition) is 13. The molecule has 0 aromatic carbocycles. The van der Waals surface area contributed by atoms with E-state index in [0.29, 0.717) is 5.69 Å². The van der Waals surface area contributed by atoms with Gasteiger partial charge < -0.3 is 69.2 Å². The van der Waals surface area contributed by atoms with Gasteiger partial charge in [-0.15, -0.1) is 0 Å². The molecule has 24 nitrogen and oxygen atoms in total. The van der Waals surface area contributed by atoms with Gasteiger partial charge in [0.05, 0.1) is 25.4 Å². The molecule has 384 valence electrons. The lowest BCUT2D eigenvalue weighted by Gasteiger charge is -2.28. The molecule has 0 saturated carbocycles. The van der Waals surface area contributed by atoms with Crippen LogP contribution in [0.3, 0.4) is 0 Å². The molecule has 9 amide bonds. The molecular formula is C44H76N12O12. The van der Waals surface area contributed by atoms with Crippen molar-refractivity contribution in [2.24, 2.45) is 41.1 Å². The molecule has 0 radical (unpaired) electrons. The predicted octanol–water partition coefficient (Wildman–Crippen LogP) is -2.42. The zero-order valence-corrected chi connectivity index (χ0v) is 41.1. The number of carboxylic acids is 1. The molecule has 68 heavy (non-hydrogen) atoms. The Morgan fingerprint density at radius 3 is 1.41 bits per heavy atom. The maximum absolute atomic E-state index is 13.8. The van der Waals surface area contributed by atoms with Gasteiger partial charge in [-0.3, -0.25) is 43.2 Å². The predicted molar refractivity (Wildman–Crippen MR) is 248 cm³/mol. The second kappa shape index (κ2) is 28.9. The van der Waals surface area contributed by atoms with E-state index in [0.717, 1.165) is 0 Å². The number of nitrogens with one attached hydrogen (secondary N) is 9. The fourth-order valence-corrected chi connectivity index (χ4v) is 6.64. The number of hydrogen-bond acceptors (Lipinski definition) is 13. The number of rotatable bonds is 30. The Morgan fingerprint density at radius 2 is 0.971 bits per heavy atom. The molecule has 9 atom stereocenters. The van der Waals surface area contributed by atoms with Gasteiger partial charge >= 0.3 is 5.97 Å². The summed E-state index contributed by atoms with van der Waals surface area (Å²) in [6.45, 7) is 17.8. The van der Waals surface area contributed by atoms with Crippen LogP contribution in [0.4, 0.5) is 0 Å². The smallest absolute Gasteiger partial charge is 0.326 e. The van der Waals surface area contributed by atoms with Crippen LogP contribution in [-0.2, 0) is 54.4 Å². The lowest BCUT2D eigenvalue weighted by Crippen LogP contribution is -2.61. The quantitative estimate of drug-likeness (QED) is 0.0382. The standard InChI is InChI=1S/C44H76N12O12/c1-20(2)12-27(37(60)52-30(16-33(45)58)40(63)51-29(15-26-17-47-19-48-26)39(62)54-31(44(67)68)14-22(5)6)50-36(59)25(11)49-43(66)35(24(9)10)56-41(64)32(18-57)55-38(61)28(13-21(3)4)53-42(65)34(46)23(7)8/h17,19-25,27-32,34-35,57H,12-16,18,46H2,1-11H3,(H2,45,58)(H,47,48)(H,49,66)(H,50,59)(H,51,63)(H,52,60)(H,53,65)(H,54,62)(H,55,61)(H,56,64)(H,67,68)/t25-,27-,28-,29-,30-,31-,32-,34-,35-/m0/s1. The fourth-order valence-electron chi connectivity index (χ4n) is 6.64. The van der Waals surface area contributed by atoms with Gasteiger partial charge in [-0.05, 0) is 55.8 Å². The summed E-state index contributed by atoms with van der Waals surface area (Å²) in [5.74, 6) is -10.3. The number of amides is 9. The summed E-state index contributed by atoms with van der Waals surface area (Å²) in [6, 6.07) is -11.9. The van der Waals surface area contributed by atoms with Crippen LogP contribution in [-0.4, -0.2) is 140 Å². The van der Waals surface area contributed by atoms with Crippen LogP contribution in [0.2, 0.25) is 0 Å². The first-order chi connectivity index (χ1) is 31.6. The van der Waals surface area contributed by atoms with Crippen LogP contribution in [0.1, 0.15) is 108 Å². The number of H-pyrrole nitrogens is 1. The SMILES string of the molecule is CC(C)C[C@H](NC(=O)[C@H](Cc1cnc[nH]1)NC(=O)[C@H](CC(N)=O)NC(=O)[C@H](CC(C)C)NC(=O)[C@H](C)NC(=O)[C@@H](NC(=O)[C@H](CO)NC(=O)[C@H](CC(C)C)NC(=O)[C@@H](N)C(C)C)C(C)C)C(=O)O. The Hall–Kier alpha value is -6.17. The third-order valence-electron chi connectivity index (χ3n) is 10.5. The zero-order chi connectivity index (χ0) is 52.2. The van der Waals surface area contributed by atoms with E-state index in [1.54, 1.807) is 55.4 Å². The number of aromatic nitrogens is 2. The van der Waals surface area contributed by atoms with E-state index in [9.17, 15) is 58.2 Å². The van der Waals surface area contributed by atoms with E-state index in [4.69, 9.17) is 11.5 Å². The molecule has 1 aromatic heterocycles. The average Bonchev–Trinajstić information content (AvgIpc) is 3.75. The number of carboxylic acid groups (broad SMARTS) is 1. The number of aromatic amines is 1. The van der Waals surface area contributed by atoms with Crippen molar-refractivity contribution in [2.75, 3.05) is 6.61 Å². The Labute approximate surface area is 397 Å². The molecule has 0 aliphatic carbocycles. The fraction of sp³-hybridized carbons (Fsp3) is 0.705. The second-order valence-corrected chi connectivity index (χ2v) is 19.0. The Kier molecular flexibility index (Phi) is 25.4. The highest BCUT2D eigenvalue weighted by Gasteiger charge is 2.36. The van der Waals surface area contributed by atoms with E-state index in [1.165, 1.54) is 19.4 Å². The summed E-state index contributed by atoms with van der Waals surface area (Å²) >= 11 is 0. The molecule has 0 spiro atoms. The minimum absolute atomic E-state index is 0.00557. The van der Waals surface area contributed by atoms with Crippen LogP contribution in [0.25, 0.3) is 0 Å². The number of aliphatic carboxylic acids is 1. The molecule has 1 heterocycles. The topological polar surface area (TPSA) is 388 Å². The number of nitrogens with zero attached hydrogens (tertiary/aromatic N) is 1. The minimum Gasteiger partial charge on any atom is -0.480 e. The van der Waals surface area contributed by atoms with Crippen molar-refractivity contribution in [2.45, 2.75) is 163 Å². The molecule has 0 fully saturated rings. The number of carbonyl (C=O) groups excluding carboxylic acids is 9. The van der Waals surface area contributed by atoms with Gasteiger partial charge in [-0.2, -0.15) is 0 Å². The number of aliphatic hydroxyl groups excluding tert-OH is 1. The first-order valence-electron chi connectivity index (χ1n) is 22.9. The van der Waals surface area contributed by atoms with Crippen molar-refractivity contribution >= 4 is 59.1 Å². The second-order valence-electron chi connectivity index (χ2n) is 19.0. The van der Waals surface area contributed by atoms with Gasteiger partial charge in [0.1, 0.15) is 48.3 Å². The van der Waals surface area contributed by atoms with E-state index >= 15 is 0 Å². The van der Waals surface area contributed by atoms with Crippen molar-refractivity contribution in [1.29, 1.82) is 0 Å². The van der Waals surface area contributed by atoms with Crippen LogP contribution in [0.15, 0.2) is 12.5 Å². The van der Waals surface area contributed by atoms with Crippen molar-refractivity contribution in [3.63, 3.8) is 0 Å². The van der Waals surface area contributed by atoms with Gasteiger partial charge in [0.2, 0.25) is 53.2 Å². The van der Waals surface area contributed by atoms with Crippen molar-refractivity contribution < 1.29 is 58.2 Å². The lowest BCUT2D eigenvalue weighted by molar-refractivity contribution is -0.143. The van der Waals surface area contributed by atoms with Crippen molar-refractivity contribution in [3.8, 4) is 0 Å². The summed E-state index contributed by atoms with van der Waals surface area (Å²) in [5.41, 5.74) is 11.8. The van der Waals surface area contributed by atoms with Gasteiger partial charge in [0, 0.05) is 18.3 Å². The molecule has 0 saturated heterocycles. The number of imidazole rings is 1. The van der Waals surface area contributed by atoms with Crippen LogP contribution >= 0.6 is 0 Å². The van der Waals surface area contributed by atoms with Crippen LogP contribution < -0.4 is 54.0 Å². The lowest BCUT2D eigenvalue weighted by atomic mass is 10.00.